The normalized spacial score (nSPS) is 14.5. The van der Waals surface area contributed by atoms with Crippen molar-refractivity contribution in [3.63, 3.8) is 0 Å². The fourth-order valence-electron chi connectivity index (χ4n) is 2.83. The van der Waals surface area contributed by atoms with Crippen LogP contribution >= 0.6 is 0 Å². The van der Waals surface area contributed by atoms with Crippen LogP contribution in [0.15, 0.2) is 0 Å². The predicted octanol–water partition coefficient (Wildman–Crippen LogP) is 6.24. The zero-order chi connectivity index (χ0) is 14.4. The predicted molar refractivity (Wildman–Crippen MR) is 86.6 cm³/mol. The Labute approximate surface area is 122 Å². The van der Waals surface area contributed by atoms with E-state index in [1.54, 1.807) is 0 Å². The molecule has 0 saturated carbocycles. The molecule has 1 unspecified atom stereocenters. The molecular weight excluding hydrogens is 232 g/mol. The summed E-state index contributed by atoms with van der Waals surface area (Å²) in [5, 5.41) is 10.1. The van der Waals surface area contributed by atoms with Crippen LogP contribution in [0.1, 0.15) is 111 Å². The molecule has 0 aromatic carbocycles. The van der Waals surface area contributed by atoms with Gasteiger partial charge in [0, 0.05) is 0 Å². The summed E-state index contributed by atoms with van der Waals surface area (Å²) in [4.78, 5) is 0. The Bertz CT molecular complexity index is 175. The maximum absolute atomic E-state index is 10.1. The molecule has 0 spiro atoms. The molecule has 1 N–H and O–H groups in total. The van der Waals surface area contributed by atoms with Crippen molar-refractivity contribution in [1.82, 2.24) is 0 Å². The van der Waals surface area contributed by atoms with Gasteiger partial charge in [0.25, 0.3) is 0 Å². The molecule has 0 aromatic rings. The lowest BCUT2D eigenvalue weighted by Crippen LogP contribution is -2.23. The topological polar surface area (TPSA) is 20.2 Å². The molecule has 0 aliphatic carbocycles. The second-order valence-electron chi connectivity index (χ2n) is 6.53. The van der Waals surface area contributed by atoms with E-state index in [9.17, 15) is 5.11 Å². The molecule has 1 atom stereocenters. The lowest BCUT2D eigenvalue weighted by Gasteiger charge is -2.22. The maximum atomic E-state index is 10.1. The van der Waals surface area contributed by atoms with Gasteiger partial charge in [-0.3, -0.25) is 0 Å². The number of unbranched alkanes of at least 4 members (excludes halogenated alkanes) is 10. The SMILES string of the molecule is CCCCCCCCCCCCCC(C)(O)CCC. The van der Waals surface area contributed by atoms with Crippen molar-refractivity contribution in [2.45, 2.75) is 116 Å². The summed E-state index contributed by atoms with van der Waals surface area (Å²) in [5.74, 6) is 0. The third-order valence-corrected chi connectivity index (χ3v) is 4.11. The van der Waals surface area contributed by atoms with E-state index >= 15 is 0 Å². The largest absolute Gasteiger partial charge is 0.390 e. The lowest BCUT2D eigenvalue weighted by atomic mass is 9.93. The molecule has 0 saturated heterocycles. The van der Waals surface area contributed by atoms with Crippen LogP contribution < -0.4 is 0 Å². The average molecular weight is 271 g/mol. The smallest absolute Gasteiger partial charge is 0.0619 e. The number of aliphatic hydroxyl groups is 1. The molecule has 1 nitrogen and oxygen atoms in total. The minimum absolute atomic E-state index is 0.409. The van der Waals surface area contributed by atoms with Crippen LogP contribution in [0, 0.1) is 0 Å². The highest BCUT2D eigenvalue weighted by atomic mass is 16.3. The van der Waals surface area contributed by atoms with Crippen LogP contribution in [0.25, 0.3) is 0 Å². The standard InChI is InChI=1S/C18H38O/c1-4-6-7-8-9-10-11-12-13-14-15-17-18(3,19)16-5-2/h19H,4-17H2,1-3H3. The number of rotatable bonds is 14. The zero-order valence-electron chi connectivity index (χ0n) is 13.8. The minimum Gasteiger partial charge on any atom is -0.390 e. The quantitative estimate of drug-likeness (QED) is 0.370. The molecule has 0 aliphatic rings. The van der Waals surface area contributed by atoms with Gasteiger partial charge in [0.1, 0.15) is 0 Å². The Hall–Kier alpha value is -0.0400. The Morgan fingerprint density at radius 3 is 1.42 bits per heavy atom. The fourth-order valence-corrected chi connectivity index (χ4v) is 2.83. The first-order valence-corrected chi connectivity index (χ1v) is 8.84. The summed E-state index contributed by atoms with van der Waals surface area (Å²) in [7, 11) is 0. The van der Waals surface area contributed by atoms with E-state index < -0.39 is 5.60 Å². The number of hydrogen-bond donors (Lipinski definition) is 1. The first-order chi connectivity index (χ1) is 9.12. The molecule has 0 amide bonds. The fraction of sp³-hybridized carbons (Fsp3) is 1.00. The molecule has 19 heavy (non-hydrogen) atoms. The molecule has 116 valence electrons. The minimum atomic E-state index is -0.409. The van der Waals surface area contributed by atoms with Gasteiger partial charge in [0.2, 0.25) is 0 Å². The van der Waals surface area contributed by atoms with Gasteiger partial charge in [-0.15, -0.1) is 0 Å². The van der Waals surface area contributed by atoms with Gasteiger partial charge in [-0.2, -0.15) is 0 Å². The second kappa shape index (κ2) is 13.0. The first kappa shape index (κ1) is 19.0. The van der Waals surface area contributed by atoms with Crippen LogP contribution in [0.4, 0.5) is 0 Å². The van der Waals surface area contributed by atoms with E-state index in [0.29, 0.717) is 0 Å². The lowest BCUT2D eigenvalue weighted by molar-refractivity contribution is 0.0386. The van der Waals surface area contributed by atoms with Gasteiger partial charge >= 0.3 is 0 Å². The van der Waals surface area contributed by atoms with Crippen molar-refractivity contribution in [3.05, 3.63) is 0 Å². The van der Waals surface area contributed by atoms with E-state index in [0.717, 1.165) is 19.3 Å². The molecule has 0 aromatic heterocycles. The summed E-state index contributed by atoms with van der Waals surface area (Å²) < 4.78 is 0. The summed E-state index contributed by atoms with van der Waals surface area (Å²) in [6, 6.07) is 0. The van der Waals surface area contributed by atoms with E-state index in [1.807, 2.05) is 6.92 Å². The summed E-state index contributed by atoms with van der Waals surface area (Å²) in [6.07, 6.45) is 18.2. The Morgan fingerprint density at radius 2 is 1.00 bits per heavy atom. The van der Waals surface area contributed by atoms with Crippen molar-refractivity contribution < 1.29 is 5.11 Å². The van der Waals surface area contributed by atoms with Crippen molar-refractivity contribution in [2.24, 2.45) is 0 Å². The Kier molecular flexibility index (Phi) is 12.9. The average Bonchev–Trinajstić information content (AvgIpc) is 2.36. The summed E-state index contributed by atoms with van der Waals surface area (Å²) >= 11 is 0. The van der Waals surface area contributed by atoms with Gasteiger partial charge in [0.05, 0.1) is 5.60 Å². The van der Waals surface area contributed by atoms with E-state index in [4.69, 9.17) is 0 Å². The Morgan fingerprint density at radius 1 is 0.579 bits per heavy atom. The van der Waals surface area contributed by atoms with E-state index in [1.165, 1.54) is 70.6 Å². The first-order valence-electron chi connectivity index (χ1n) is 8.84. The van der Waals surface area contributed by atoms with Gasteiger partial charge in [-0.05, 0) is 19.8 Å². The van der Waals surface area contributed by atoms with Crippen molar-refractivity contribution in [1.29, 1.82) is 0 Å². The molecule has 0 heterocycles. The zero-order valence-corrected chi connectivity index (χ0v) is 13.8. The van der Waals surface area contributed by atoms with Crippen molar-refractivity contribution in [2.75, 3.05) is 0 Å². The monoisotopic (exact) mass is 270 g/mol. The number of hydrogen-bond acceptors (Lipinski definition) is 1. The van der Waals surface area contributed by atoms with Crippen LogP contribution in [-0.2, 0) is 0 Å². The highest BCUT2D eigenvalue weighted by molar-refractivity contribution is 4.71. The van der Waals surface area contributed by atoms with Gasteiger partial charge in [0.15, 0.2) is 0 Å². The Balaban J connectivity index is 3.14. The molecule has 0 radical (unpaired) electrons. The van der Waals surface area contributed by atoms with E-state index in [-0.39, 0.29) is 0 Å². The van der Waals surface area contributed by atoms with Gasteiger partial charge < -0.3 is 5.11 Å². The molecule has 0 bridgehead atoms. The summed E-state index contributed by atoms with van der Waals surface area (Å²) in [5.41, 5.74) is -0.409. The van der Waals surface area contributed by atoms with Crippen LogP contribution in [0.5, 0.6) is 0 Å². The second-order valence-corrected chi connectivity index (χ2v) is 6.53. The molecule has 1 heteroatoms. The van der Waals surface area contributed by atoms with E-state index in [2.05, 4.69) is 13.8 Å². The summed E-state index contributed by atoms with van der Waals surface area (Å²) in [6.45, 7) is 6.42. The molecule has 0 rings (SSSR count). The van der Waals surface area contributed by atoms with Crippen LogP contribution in [-0.4, -0.2) is 10.7 Å². The van der Waals surface area contributed by atoms with Gasteiger partial charge in [-0.25, -0.2) is 0 Å². The van der Waals surface area contributed by atoms with Crippen molar-refractivity contribution >= 4 is 0 Å². The molecule has 0 aliphatic heterocycles. The highest BCUT2D eigenvalue weighted by Gasteiger charge is 2.17. The van der Waals surface area contributed by atoms with Crippen LogP contribution in [0.2, 0.25) is 0 Å². The van der Waals surface area contributed by atoms with Gasteiger partial charge in [-0.1, -0.05) is 90.9 Å². The highest BCUT2D eigenvalue weighted by Crippen LogP contribution is 2.20. The van der Waals surface area contributed by atoms with Crippen LogP contribution in [0.3, 0.4) is 0 Å². The third-order valence-electron chi connectivity index (χ3n) is 4.11. The molecular formula is C18H38O. The molecule has 0 fully saturated rings. The van der Waals surface area contributed by atoms with Crippen molar-refractivity contribution in [3.8, 4) is 0 Å². The maximum Gasteiger partial charge on any atom is 0.0619 e. The third kappa shape index (κ3) is 14.2.